The first-order valence-corrected chi connectivity index (χ1v) is 10.9. The highest BCUT2D eigenvalue weighted by atomic mass is 32.2. The molecule has 6 nitrogen and oxygen atoms in total. The van der Waals surface area contributed by atoms with Gasteiger partial charge in [0.15, 0.2) is 9.84 Å². The Kier molecular flexibility index (Phi) is 3.93. The van der Waals surface area contributed by atoms with Gasteiger partial charge in [-0.05, 0) is 12.8 Å². The largest absolute Gasteiger partial charge is 0.336 e. The molecule has 3 aliphatic rings. The third kappa shape index (κ3) is 2.92. The van der Waals surface area contributed by atoms with Crippen LogP contribution in [-0.4, -0.2) is 65.8 Å². The predicted molar refractivity (Wildman–Crippen MR) is 87.8 cm³/mol. The van der Waals surface area contributed by atoms with E-state index in [0.717, 1.165) is 30.8 Å². The van der Waals surface area contributed by atoms with Gasteiger partial charge in [-0.15, -0.1) is 11.3 Å². The number of nitrogens with zero attached hydrogens (tertiary/aromatic N) is 3. The van der Waals surface area contributed by atoms with E-state index < -0.39 is 9.84 Å². The molecule has 0 N–H and O–H groups in total. The van der Waals surface area contributed by atoms with Gasteiger partial charge >= 0.3 is 0 Å². The number of rotatable bonds is 3. The number of piperazine rings is 1. The van der Waals surface area contributed by atoms with Gasteiger partial charge in [0.1, 0.15) is 5.01 Å². The molecular weight excluding hydrogens is 334 g/mol. The molecule has 23 heavy (non-hydrogen) atoms. The number of hydrogen-bond acceptors (Lipinski definition) is 6. The molecule has 0 bridgehead atoms. The first-order chi connectivity index (χ1) is 11.0. The summed E-state index contributed by atoms with van der Waals surface area (Å²) in [6.45, 7) is 2.05. The summed E-state index contributed by atoms with van der Waals surface area (Å²) in [6.07, 6.45) is 4.82. The molecular formula is C15H21N3O3S2. The molecule has 126 valence electrons. The predicted octanol–water partition coefficient (Wildman–Crippen LogP) is 0.753. The van der Waals surface area contributed by atoms with Gasteiger partial charge in [-0.1, -0.05) is 6.42 Å². The molecule has 4 rings (SSSR count). The Morgan fingerprint density at radius 3 is 2.70 bits per heavy atom. The molecule has 0 aromatic carbocycles. The van der Waals surface area contributed by atoms with Crippen LogP contribution in [0.3, 0.4) is 0 Å². The van der Waals surface area contributed by atoms with Crippen LogP contribution < -0.4 is 0 Å². The minimum absolute atomic E-state index is 0.0818. The van der Waals surface area contributed by atoms with Crippen molar-refractivity contribution in [3.8, 4) is 0 Å². The smallest absolute Gasteiger partial charge is 0.226 e. The number of fused-ring (bicyclic) bond motifs is 1. The first kappa shape index (κ1) is 15.5. The van der Waals surface area contributed by atoms with Crippen molar-refractivity contribution in [2.75, 3.05) is 24.6 Å². The zero-order valence-corrected chi connectivity index (χ0v) is 14.6. The Labute approximate surface area is 140 Å². The minimum atomic E-state index is -3.07. The van der Waals surface area contributed by atoms with Crippen molar-refractivity contribution in [2.45, 2.75) is 37.9 Å². The Morgan fingerprint density at radius 1 is 1.26 bits per heavy atom. The molecule has 0 unspecified atom stereocenters. The van der Waals surface area contributed by atoms with Crippen molar-refractivity contribution in [1.29, 1.82) is 0 Å². The van der Waals surface area contributed by atoms with E-state index in [1.54, 1.807) is 17.5 Å². The molecule has 1 aromatic heterocycles. The van der Waals surface area contributed by atoms with Crippen molar-refractivity contribution in [3.63, 3.8) is 0 Å². The summed E-state index contributed by atoms with van der Waals surface area (Å²) in [5.74, 6) is 0.587. The van der Waals surface area contributed by atoms with Gasteiger partial charge in [-0.25, -0.2) is 13.4 Å². The van der Waals surface area contributed by atoms with Crippen molar-refractivity contribution in [3.05, 3.63) is 16.6 Å². The molecule has 0 spiro atoms. The van der Waals surface area contributed by atoms with Gasteiger partial charge in [0, 0.05) is 36.6 Å². The van der Waals surface area contributed by atoms with E-state index in [1.807, 2.05) is 10.3 Å². The van der Waals surface area contributed by atoms with E-state index >= 15 is 0 Å². The van der Waals surface area contributed by atoms with Crippen molar-refractivity contribution < 1.29 is 13.2 Å². The lowest BCUT2D eigenvalue weighted by Gasteiger charge is -2.45. The number of thiazole rings is 1. The fourth-order valence-electron chi connectivity index (χ4n) is 3.89. The highest BCUT2D eigenvalue weighted by Crippen LogP contribution is 2.34. The molecule has 1 aromatic rings. The number of carbonyl (C=O) groups is 1. The second-order valence-corrected chi connectivity index (χ2v) is 9.90. The van der Waals surface area contributed by atoms with E-state index in [9.17, 15) is 13.2 Å². The standard InChI is InChI=1S/C15H21N3O3S2/c19-15(11-2-1-3-11)18-6-5-17(8-14-16-4-7-22-14)12-9-23(20,21)10-13(12)18/h4,7,11-13H,1-3,5-6,8-10H2/t12-,13+/m1/s1. The summed E-state index contributed by atoms with van der Waals surface area (Å²) in [4.78, 5) is 21.1. The fourth-order valence-corrected chi connectivity index (χ4v) is 6.54. The fraction of sp³-hybridized carbons (Fsp3) is 0.733. The highest BCUT2D eigenvalue weighted by molar-refractivity contribution is 7.91. The summed E-state index contributed by atoms with van der Waals surface area (Å²) in [6, 6.07) is -0.261. The molecule has 2 aliphatic heterocycles. The van der Waals surface area contributed by atoms with Crippen LogP contribution in [-0.2, 0) is 21.2 Å². The second kappa shape index (κ2) is 5.82. The zero-order chi connectivity index (χ0) is 16.0. The first-order valence-electron chi connectivity index (χ1n) is 8.17. The molecule has 2 atom stereocenters. The number of hydrogen-bond donors (Lipinski definition) is 0. The van der Waals surface area contributed by atoms with Crippen molar-refractivity contribution in [1.82, 2.24) is 14.8 Å². The summed E-state index contributed by atoms with van der Waals surface area (Å²) >= 11 is 1.59. The lowest BCUT2D eigenvalue weighted by atomic mass is 9.83. The Morgan fingerprint density at radius 2 is 2.04 bits per heavy atom. The maximum atomic E-state index is 12.7. The lowest BCUT2D eigenvalue weighted by Crippen LogP contribution is -2.61. The summed E-state index contributed by atoms with van der Waals surface area (Å²) < 4.78 is 24.4. The van der Waals surface area contributed by atoms with Gasteiger partial charge in [0.25, 0.3) is 0 Å². The van der Waals surface area contributed by atoms with Crippen LogP contribution in [0.2, 0.25) is 0 Å². The molecule has 1 saturated carbocycles. The minimum Gasteiger partial charge on any atom is -0.336 e. The SMILES string of the molecule is O=C(C1CCC1)N1CCN(Cc2nccs2)[C@@H]2CS(=O)(=O)C[C@@H]21. The number of carbonyl (C=O) groups excluding carboxylic acids is 1. The van der Waals surface area contributed by atoms with Gasteiger partial charge in [0.2, 0.25) is 5.91 Å². The number of amides is 1. The van der Waals surface area contributed by atoms with E-state index in [2.05, 4.69) is 9.88 Å². The molecule has 0 radical (unpaired) electrons. The van der Waals surface area contributed by atoms with Gasteiger partial charge < -0.3 is 4.90 Å². The van der Waals surface area contributed by atoms with Crippen LogP contribution in [0, 0.1) is 5.92 Å². The van der Waals surface area contributed by atoms with E-state index in [-0.39, 0.29) is 35.4 Å². The van der Waals surface area contributed by atoms with Crippen LogP contribution in [0.25, 0.3) is 0 Å². The Bertz CT molecular complexity index is 685. The van der Waals surface area contributed by atoms with Gasteiger partial charge in [0.05, 0.1) is 24.1 Å². The second-order valence-electron chi connectivity index (χ2n) is 6.77. The van der Waals surface area contributed by atoms with E-state index in [4.69, 9.17) is 0 Å². The zero-order valence-electron chi connectivity index (χ0n) is 12.9. The van der Waals surface area contributed by atoms with Crippen LogP contribution >= 0.6 is 11.3 Å². The van der Waals surface area contributed by atoms with Crippen LogP contribution in [0.15, 0.2) is 11.6 Å². The quantitative estimate of drug-likeness (QED) is 0.800. The molecule has 3 fully saturated rings. The van der Waals surface area contributed by atoms with Crippen LogP contribution in [0.5, 0.6) is 0 Å². The third-order valence-electron chi connectivity index (χ3n) is 5.35. The summed E-state index contributed by atoms with van der Waals surface area (Å²) in [5, 5.41) is 2.95. The molecule has 1 aliphatic carbocycles. The van der Waals surface area contributed by atoms with E-state index in [0.29, 0.717) is 13.1 Å². The average molecular weight is 355 g/mol. The lowest BCUT2D eigenvalue weighted by molar-refractivity contribution is -0.144. The number of sulfone groups is 1. The van der Waals surface area contributed by atoms with Crippen molar-refractivity contribution in [2.24, 2.45) is 5.92 Å². The van der Waals surface area contributed by atoms with Crippen LogP contribution in [0.1, 0.15) is 24.3 Å². The van der Waals surface area contributed by atoms with Gasteiger partial charge in [-0.2, -0.15) is 0 Å². The maximum absolute atomic E-state index is 12.7. The maximum Gasteiger partial charge on any atom is 0.226 e. The normalized spacial score (nSPS) is 30.9. The summed E-state index contributed by atoms with van der Waals surface area (Å²) in [7, 11) is -3.07. The summed E-state index contributed by atoms with van der Waals surface area (Å²) in [5.41, 5.74) is 0. The van der Waals surface area contributed by atoms with Crippen LogP contribution in [0.4, 0.5) is 0 Å². The monoisotopic (exact) mass is 355 g/mol. The molecule has 8 heteroatoms. The molecule has 2 saturated heterocycles. The number of aromatic nitrogens is 1. The highest BCUT2D eigenvalue weighted by Gasteiger charge is 2.49. The third-order valence-corrected chi connectivity index (χ3v) is 7.81. The molecule has 3 heterocycles. The Balaban J connectivity index is 1.55. The van der Waals surface area contributed by atoms with E-state index in [1.165, 1.54) is 0 Å². The average Bonchev–Trinajstić information content (AvgIpc) is 3.03. The molecule has 1 amide bonds. The van der Waals surface area contributed by atoms with Crippen molar-refractivity contribution >= 4 is 27.1 Å². The Hall–Kier alpha value is -0.990. The topological polar surface area (TPSA) is 70.6 Å². The van der Waals surface area contributed by atoms with Gasteiger partial charge in [-0.3, -0.25) is 9.69 Å².